The molecule has 0 fully saturated rings. The summed E-state index contributed by atoms with van der Waals surface area (Å²) in [6, 6.07) is 11.5. The number of ether oxygens (including phenoxy) is 1. The highest BCUT2D eigenvalue weighted by Gasteiger charge is 2.24. The lowest BCUT2D eigenvalue weighted by atomic mass is 10.1. The van der Waals surface area contributed by atoms with Crippen LogP contribution in [0.25, 0.3) is 0 Å². The Kier molecular flexibility index (Phi) is 6.32. The minimum Gasteiger partial charge on any atom is -0.462 e. The van der Waals surface area contributed by atoms with Crippen molar-refractivity contribution in [3.63, 3.8) is 0 Å². The molecule has 1 amide bonds. The number of anilines is 1. The summed E-state index contributed by atoms with van der Waals surface area (Å²) in [6.07, 6.45) is 1.23. The molecule has 144 valence electrons. The van der Waals surface area contributed by atoms with Gasteiger partial charge in [-0.15, -0.1) is 11.8 Å². The molecule has 1 aliphatic heterocycles. The molecule has 1 aromatic heterocycles. The number of esters is 1. The van der Waals surface area contributed by atoms with E-state index in [4.69, 9.17) is 4.74 Å². The van der Waals surface area contributed by atoms with E-state index in [0.29, 0.717) is 40.6 Å². The van der Waals surface area contributed by atoms with Crippen LogP contribution < -0.4 is 4.90 Å². The molecular weight excluding hydrogens is 374 g/mol. The first kappa shape index (κ1) is 19.9. The van der Waals surface area contributed by atoms with E-state index < -0.39 is 5.97 Å². The zero-order chi connectivity index (χ0) is 20.1. The molecule has 28 heavy (non-hydrogen) atoms. The number of carbonyl (C=O) groups excluding carboxylic acids is 2. The summed E-state index contributed by atoms with van der Waals surface area (Å²) in [5, 5.41) is 9.94. The van der Waals surface area contributed by atoms with Crippen LogP contribution in [0.5, 0.6) is 0 Å². The Balaban J connectivity index is 1.65. The van der Waals surface area contributed by atoms with Crippen molar-refractivity contribution < 1.29 is 14.3 Å². The maximum Gasteiger partial charge on any atom is 0.340 e. The number of nitriles is 1. The highest BCUT2D eigenvalue weighted by Crippen LogP contribution is 2.29. The van der Waals surface area contributed by atoms with Crippen molar-refractivity contribution in [2.24, 2.45) is 0 Å². The molecule has 2 aromatic rings. The van der Waals surface area contributed by atoms with Gasteiger partial charge < -0.3 is 9.64 Å². The highest BCUT2D eigenvalue weighted by molar-refractivity contribution is 7.99. The van der Waals surface area contributed by atoms with Crippen molar-refractivity contribution in [3.05, 3.63) is 52.7 Å². The fourth-order valence-electron chi connectivity index (χ4n) is 3.16. The van der Waals surface area contributed by atoms with Crippen molar-refractivity contribution in [1.29, 1.82) is 5.26 Å². The number of benzene rings is 1. The number of pyridine rings is 1. The first-order valence-electron chi connectivity index (χ1n) is 9.15. The number of thioether (sulfide) groups is 1. The molecule has 2 heterocycles. The van der Waals surface area contributed by atoms with Crippen LogP contribution in [0.2, 0.25) is 0 Å². The van der Waals surface area contributed by atoms with Gasteiger partial charge in [0, 0.05) is 24.4 Å². The lowest BCUT2D eigenvalue weighted by Gasteiger charge is -2.17. The molecule has 3 rings (SSSR count). The molecule has 7 heteroatoms. The number of hydrogen-bond donors (Lipinski definition) is 0. The average Bonchev–Trinajstić information content (AvgIpc) is 3.12. The number of fused-ring (bicyclic) bond motifs is 1. The van der Waals surface area contributed by atoms with Gasteiger partial charge in [0.15, 0.2) is 0 Å². The molecule has 0 aliphatic carbocycles. The number of rotatable bonds is 6. The zero-order valence-electron chi connectivity index (χ0n) is 15.9. The van der Waals surface area contributed by atoms with E-state index in [9.17, 15) is 14.9 Å². The topological polar surface area (TPSA) is 83.3 Å². The minimum atomic E-state index is -0.483. The molecule has 0 atom stereocenters. The maximum absolute atomic E-state index is 12.6. The number of para-hydroxylation sites is 1. The third kappa shape index (κ3) is 4.18. The molecule has 0 saturated heterocycles. The SMILES string of the molecule is CCOC(=O)c1cc(C#N)c(SCCC(=O)N2CCc3ccccc32)nc1C. The van der Waals surface area contributed by atoms with Gasteiger partial charge in [-0.3, -0.25) is 4.79 Å². The molecule has 0 bridgehead atoms. The van der Waals surface area contributed by atoms with E-state index in [1.54, 1.807) is 13.8 Å². The van der Waals surface area contributed by atoms with Gasteiger partial charge in [0.2, 0.25) is 5.91 Å². The van der Waals surface area contributed by atoms with Crippen molar-refractivity contribution in [2.45, 2.75) is 31.7 Å². The Labute approximate surface area is 168 Å². The van der Waals surface area contributed by atoms with Gasteiger partial charge in [0.25, 0.3) is 0 Å². The number of amides is 1. The largest absolute Gasteiger partial charge is 0.462 e. The average molecular weight is 395 g/mol. The predicted molar refractivity (Wildman–Crippen MR) is 107 cm³/mol. The van der Waals surface area contributed by atoms with Gasteiger partial charge in [-0.1, -0.05) is 18.2 Å². The van der Waals surface area contributed by atoms with Crippen molar-refractivity contribution >= 4 is 29.3 Å². The van der Waals surface area contributed by atoms with Crippen molar-refractivity contribution in [3.8, 4) is 6.07 Å². The van der Waals surface area contributed by atoms with Crippen LogP contribution >= 0.6 is 11.8 Å². The summed E-state index contributed by atoms with van der Waals surface area (Å²) >= 11 is 1.35. The molecular formula is C21H21N3O3S. The quantitative estimate of drug-likeness (QED) is 0.550. The number of hydrogen-bond acceptors (Lipinski definition) is 6. The lowest BCUT2D eigenvalue weighted by molar-refractivity contribution is -0.118. The third-order valence-electron chi connectivity index (χ3n) is 4.54. The van der Waals surface area contributed by atoms with E-state index >= 15 is 0 Å². The van der Waals surface area contributed by atoms with Crippen LogP contribution in [0.4, 0.5) is 5.69 Å². The maximum atomic E-state index is 12.6. The Morgan fingerprint density at radius 1 is 1.36 bits per heavy atom. The molecule has 0 radical (unpaired) electrons. The summed E-state index contributed by atoms with van der Waals surface area (Å²) in [6.45, 7) is 4.41. The first-order chi connectivity index (χ1) is 13.5. The molecule has 0 spiro atoms. The van der Waals surface area contributed by atoms with E-state index in [0.717, 1.165) is 12.1 Å². The fourth-order valence-corrected chi connectivity index (χ4v) is 4.09. The van der Waals surface area contributed by atoms with Gasteiger partial charge in [-0.05, 0) is 38.0 Å². The van der Waals surface area contributed by atoms with E-state index in [2.05, 4.69) is 11.1 Å². The second-order valence-corrected chi connectivity index (χ2v) is 7.41. The molecule has 6 nitrogen and oxygen atoms in total. The minimum absolute atomic E-state index is 0.0656. The number of carbonyl (C=O) groups is 2. The summed E-state index contributed by atoms with van der Waals surface area (Å²) < 4.78 is 5.00. The van der Waals surface area contributed by atoms with Gasteiger partial charge in [0.05, 0.1) is 23.4 Å². The monoisotopic (exact) mass is 395 g/mol. The third-order valence-corrected chi connectivity index (χ3v) is 5.53. The van der Waals surface area contributed by atoms with Gasteiger partial charge in [-0.25, -0.2) is 9.78 Å². The van der Waals surface area contributed by atoms with E-state index in [1.165, 1.54) is 23.4 Å². The van der Waals surface area contributed by atoms with Crippen LogP contribution in [0, 0.1) is 18.3 Å². The number of nitrogens with zero attached hydrogens (tertiary/aromatic N) is 3. The lowest BCUT2D eigenvalue weighted by Crippen LogP contribution is -2.29. The smallest absolute Gasteiger partial charge is 0.340 e. The second kappa shape index (κ2) is 8.89. The molecule has 0 unspecified atom stereocenters. The predicted octanol–water partition coefficient (Wildman–Crippen LogP) is 3.51. The Bertz CT molecular complexity index is 952. The molecule has 1 aliphatic rings. The standard InChI is InChI=1S/C21H21N3O3S/c1-3-27-21(26)17-12-16(13-22)20(23-14(17)2)28-11-9-19(25)24-10-8-15-6-4-5-7-18(15)24/h4-7,12H,3,8-11H2,1-2H3. The van der Waals surface area contributed by atoms with Gasteiger partial charge in [-0.2, -0.15) is 5.26 Å². The van der Waals surface area contributed by atoms with E-state index in [-0.39, 0.29) is 12.5 Å². The van der Waals surface area contributed by atoms with E-state index in [1.807, 2.05) is 29.2 Å². The van der Waals surface area contributed by atoms with Crippen LogP contribution in [0.15, 0.2) is 35.4 Å². The number of aryl methyl sites for hydroxylation is 1. The Morgan fingerprint density at radius 2 is 2.14 bits per heavy atom. The van der Waals surface area contributed by atoms with Crippen LogP contribution in [0.1, 0.15) is 40.5 Å². The highest BCUT2D eigenvalue weighted by atomic mass is 32.2. The van der Waals surface area contributed by atoms with Crippen LogP contribution in [-0.2, 0) is 16.0 Å². The van der Waals surface area contributed by atoms with Gasteiger partial charge >= 0.3 is 5.97 Å². The Morgan fingerprint density at radius 3 is 2.89 bits per heavy atom. The molecule has 0 saturated carbocycles. The first-order valence-corrected chi connectivity index (χ1v) is 10.1. The second-order valence-electron chi connectivity index (χ2n) is 6.33. The van der Waals surface area contributed by atoms with Gasteiger partial charge in [0.1, 0.15) is 11.1 Å². The Hall–Kier alpha value is -2.85. The summed E-state index contributed by atoms with van der Waals surface area (Å²) in [5.74, 6) is 0.0939. The molecule has 1 aromatic carbocycles. The summed E-state index contributed by atoms with van der Waals surface area (Å²) in [5.41, 5.74) is 3.31. The van der Waals surface area contributed by atoms with Crippen LogP contribution in [0.3, 0.4) is 0 Å². The normalized spacial score (nSPS) is 12.4. The number of aromatic nitrogens is 1. The fraction of sp³-hybridized carbons (Fsp3) is 0.333. The van der Waals surface area contributed by atoms with Crippen LogP contribution in [-0.4, -0.2) is 35.8 Å². The zero-order valence-corrected chi connectivity index (χ0v) is 16.7. The summed E-state index contributed by atoms with van der Waals surface area (Å²) in [4.78, 5) is 30.8. The van der Waals surface area contributed by atoms with Crippen molar-refractivity contribution in [1.82, 2.24) is 4.98 Å². The summed E-state index contributed by atoms with van der Waals surface area (Å²) in [7, 11) is 0. The van der Waals surface area contributed by atoms with Crippen molar-refractivity contribution in [2.75, 3.05) is 23.8 Å². The molecule has 0 N–H and O–H groups in total.